The summed E-state index contributed by atoms with van der Waals surface area (Å²) in [4.78, 5) is 18.4. The summed E-state index contributed by atoms with van der Waals surface area (Å²) in [6.45, 7) is 2.86. The predicted molar refractivity (Wildman–Crippen MR) is 74.0 cm³/mol. The zero-order chi connectivity index (χ0) is 12.5. The second-order valence-corrected chi connectivity index (χ2v) is 5.46. The number of carbonyl (C=O) groups excluding carboxylic acids is 1. The van der Waals surface area contributed by atoms with E-state index in [2.05, 4.69) is 34.1 Å². The number of nitrogens with zero attached hydrogens (tertiary/aromatic N) is 2. The van der Waals surface area contributed by atoms with Gasteiger partial charge in [-0.15, -0.1) is 0 Å². The number of benzene rings is 1. The van der Waals surface area contributed by atoms with Gasteiger partial charge in [-0.05, 0) is 31.4 Å². The third-order valence-electron chi connectivity index (χ3n) is 3.27. The van der Waals surface area contributed by atoms with Crippen LogP contribution in [0.5, 0.6) is 0 Å². The summed E-state index contributed by atoms with van der Waals surface area (Å²) in [6, 6.07) is 8.43. The maximum absolute atomic E-state index is 10.9. The lowest BCUT2D eigenvalue weighted by Crippen LogP contribution is -2.24. The van der Waals surface area contributed by atoms with Crippen molar-refractivity contribution < 1.29 is 4.79 Å². The van der Waals surface area contributed by atoms with Crippen LogP contribution in [0, 0.1) is 6.92 Å². The number of aldehydes is 1. The highest BCUT2D eigenvalue weighted by atomic mass is 32.1. The van der Waals surface area contributed by atoms with Crippen LogP contribution in [0.4, 0.5) is 10.8 Å². The second kappa shape index (κ2) is 4.53. The zero-order valence-electron chi connectivity index (χ0n) is 10.2. The van der Waals surface area contributed by atoms with Crippen molar-refractivity contribution in [1.29, 1.82) is 0 Å². The molecule has 0 saturated heterocycles. The molecule has 0 unspecified atom stereocenters. The summed E-state index contributed by atoms with van der Waals surface area (Å²) in [6.07, 6.45) is 3.15. The van der Waals surface area contributed by atoms with Crippen LogP contribution in [0.1, 0.15) is 27.3 Å². The van der Waals surface area contributed by atoms with Gasteiger partial charge in [-0.25, -0.2) is 4.98 Å². The molecule has 0 amide bonds. The number of thiazole rings is 1. The molecule has 0 radical (unpaired) electrons. The molecule has 92 valence electrons. The molecule has 4 heteroatoms. The van der Waals surface area contributed by atoms with Crippen molar-refractivity contribution in [3.05, 3.63) is 40.4 Å². The zero-order valence-corrected chi connectivity index (χ0v) is 11.0. The van der Waals surface area contributed by atoms with Crippen molar-refractivity contribution >= 4 is 28.4 Å². The van der Waals surface area contributed by atoms with E-state index < -0.39 is 0 Å². The fraction of sp³-hybridized carbons (Fsp3) is 0.286. The van der Waals surface area contributed by atoms with Gasteiger partial charge in [0.05, 0.1) is 10.6 Å². The van der Waals surface area contributed by atoms with Crippen LogP contribution >= 0.6 is 11.3 Å². The Hall–Kier alpha value is -1.68. The van der Waals surface area contributed by atoms with Crippen LogP contribution in [0.25, 0.3) is 0 Å². The molecule has 0 atom stereocenters. The smallest absolute Gasteiger partial charge is 0.190 e. The third kappa shape index (κ3) is 1.82. The summed E-state index contributed by atoms with van der Waals surface area (Å²) in [7, 11) is 0. The number of carbonyl (C=O) groups is 1. The van der Waals surface area contributed by atoms with Crippen LogP contribution < -0.4 is 4.90 Å². The van der Waals surface area contributed by atoms with E-state index in [1.54, 1.807) is 0 Å². The molecule has 0 N–H and O–H groups in total. The van der Waals surface area contributed by atoms with Gasteiger partial charge >= 0.3 is 0 Å². The monoisotopic (exact) mass is 258 g/mol. The van der Waals surface area contributed by atoms with Crippen LogP contribution in [-0.2, 0) is 6.42 Å². The number of aryl methyl sites for hydroxylation is 2. The average molecular weight is 258 g/mol. The Labute approximate surface area is 110 Å². The molecule has 3 rings (SSSR count). The lowest BCUT2D eigenvalue weighted by Gasteiger charge is -2.28. The van der Waals surface area contributed by atoms with Crippen LogP contribution in [-0.4, -0.2) is 17.8 Å². The van der Waals surface area contributed by atoms with Gasteiger partial charge in [0.25, 0.3) is 0 Å². The topological polar surface area (TPSA) is 33.2 Å². The number of hydrogen-bond donors (Lipinski definition) is 0. The molecule has 0 spiro atoms. The minimum absolute atomic E-state index is 0.730. The molecule has 3 nitrogen and oxygen atoms in total. The van der Waals surface area contributed by atoms with Crippen molar-refractivity contribution in [2.24, 2.45) is 0 Å². The third-order valence-corrected chi connectivity index (χ3v) is 4.38. The second-order valence-electron chi connectivity index (χ2n) is 4.45. The highest BCUT2D eigenvalue weighted by Gasteiger charge is 2.21. The molecule has 0 aliphatic carbocycles. The summed E-state index contributed by atoms with van der Waals surface area (Å²) in [5.41, 5.74) is 3.42. The van der Waals surface area contributed by atoms with E-state index in [0.717, 1.165) is 41.4 Å². The molecule has 0 fully saturated rings. The Kier molecular flexibility index (Phi) is 2.88. The first kappa shape index (κ1) is 11.4. The Morgan fingerprint density at radius 3 is 3.00 bits per heavy atom. The molecule has 0 bridgehead atoms. The Bertz CT molecular complexity index is 591. The highest BCUT2D eigenvalue weighted by molar-refractivity contribution is 7.17. The van der Waals surface area contributed by atoms with Crippen molar-refractivity contribution in [2.75, 3.05) is 11.4 Å². The normalized spacial score (nSPS) is 14.4. The summed E-state index contributed by atoms with van der Waals surface area (Å²) in [5, 5.41) is 0.932. The first-order valence-electron chi connectivity index (χ1n) is 6.07. The molecule has 0 saturated carbocycles. The standard InChI is InChI=1S/C14H14N2OS/c1-10-13(9-17)18-14(15-10)16-8-4-6-11-5-2-3-7-12(11)16/h2-3,5,7,9H,4,6,8H2,1H3. The van der Waals surface area contributed by atoms with Gasteiger partial charge in [-0.1, -0.05) is 29.5 Å². The van der Waals surface area contributed by atoms with Crippen LogP contribution in [0.15, 0.2) is 24.3 Å². The predicted octanol–water partition coefficient (Wildman–Crippen LogP) is 3.35. The summed E-state index contributed by atoms with van der Waals surface area (Å²) < 4.78 is 0. The van der Waals surface area contributed by atoms with E-state index >= 15 is 0 Å². The fourth-order valence-corrected chi connectivity index (χ4v) is 3.27. The lowest BCUT2D eigenvalue weighted by molar-refractivity contribution is 0.112. The van der Waals surface area contributed by atoms with E-state index in [1.807, 2.05) is 6.92 Å². The molecule has 2 aromatic rings. The SMILES string of the molecule is Cc1nc(N2CCCc3ccccc32)sc1C=O. The van der Waals surface area contributed by atoms with Gasteiger partial charge in [0.1, 0.15) is 0 Å². The van der Waals surface area contributed by atoms with E-state index in [1.165, 1.54) is 22.6 Å². The maximum Gasteiger partial charge on any atom is 0.190 e. The van der Waals surface area contributed by atoms with E-state index in [-0.39, 0.29) is 0 Å². The van der Waals surface area contributed by atoms with Crippen molar-refractivity contribution in [1.82, 2.24) is 4.98 Å². The van der Waals surface area contributed by atoms with Gasteiger partial charge in [-0.3, -0.25) is 4.79 Å². The van der Waals surface area contributed by atoms with Crippen LogP contribution in [0.3, 0.4) is 0 Å². The van der Waals surface area contributed by atoms with Crippen molar-refractivity contribution in [2.45, 2.75) is 19.8 Å². The summed E-state index contributed by atoms with van der Waals surface area (Å²) >= 11 is 1.48. The molecule has 18 heavy (non-hydrogen) atoms. The van der Waals surface area contributed by atoms with Crippen molar-refractivity contribution in [3.8, 4) is 0 Å². The fourth-order valence-electron chi connectivity index (χ4n) is 2.35. The van der Waals surface area contributed by atoms with E-state index in [0.29, 0.717) is 0 Å². The summed E-state index contributed by atoms with van der Waals surface area (Å²) in [5.74, 6) is 0. The van der Waals surface area contributed by atoms with Crippen LogP contribution in [0.2, 0.25) is 0 Å². The molecule has 1 aliphatic heterocycles. The molecular weight excluding hydrogens is 244 g/mol. The van der Waals surface area contributed by atoms with E-state index in [9.17, 15) is 4.79 Å². The van der Waals surface area contributed by atoms with Gasteiger partial charge in [0.2, 0.25) is 0 Å². The number of hydrogen-bond acceptors (Lipinski definition) is 4. The minimum atomic E-state index is 0.730. The van der Waals surface area contributed by atoms with E-state index in [4.69, 9.17) is 0 Å². The molecular formula is C14H14N2OS. The molecule has 1 aliphatic rings. The Morgan fingerprint density at radius 2 is 2.22 bits per heavy atom. The van der Waals surface area contributed by atoms with Crippen molar-refractivity contribution in [3.63, 3.8) is 0 Å². The largest absolute Gasteiger partial charge is 0.318 e. The van der Waals surface area contributed by atoms with Gasteiger partial charge in [0, 0.05) is 12.2 Å². The first-order valence-corrected chi connectivity index (χ1v) is 6.89. The number of para-hydroxylation sites is 1. The Balaban J connectivity index is 2.05. The molecule has 1 aromatic heterocycles. The molecule has 2 heterocycles. The molecule has 1 aromatic carbocycles. The number of aromatic nitrogens is 1. The van der Waals surface area contributed by atoms with Gasteiger partial charge < -0.3 is 4.90 Å². The lowest BCUT2D eigenvalue weighted by atomic mass is 10.0. The number of anilines is 2. The van der Waals surface area contributed by atoms with Gasteiger partial charge in [-0.2, -0.15) is 0 Å². The number of fused-ring (bicyclic) bond motifs is 1. The average Bonchev–Trinajstić information content (AvgIpc) is 2.79. The first-order chi connectivity index (χ1) is 8.79. The minimum Gasteiger partial charge on any atom is -0.318 e. The Morgan fingerprint density at radius 1 is 1.39 bits per heavy atom. The number of rotatable bonds is 2. The highest BCUT2D eigenvalue weighted by Crippen LogP contribution is 2.36. The van der Waals surface area contributed by atoms with Gasteiger partial charge in [0.15, 0.2) is 11.4 Å². The maximum atomic E-state index is 10.9. The quantitative estimate of drug-likeness (QED) is 0.774.